The molecule has 0 spiro atoms. The van der Waals surface area contributed by atoms with Gasteiger partial charge in [-0.2, -0.15) is 0 Å². The molecule has 174 valence electrons. The Morgan fingerprint density at radius 3 is 2.44 bits per heavy atom. The molecular formula is C26H21Cl2NO4S. The first-order valence-corrected chi connectivity index (χ1v) is 12.0. The number of thioether (sulfide) groups is 1. The maximum absolute atomic E-state index is 12.9. The minimum Gasteiger partial charge on any atom is -0.493 e. The Hall–Kier alpha value is -2.93. The van der Waals surface area contributed by atoms with Crippen molar-refractivity contribution in [1.29, 1.82) is 0 Å². The van der Waals surface area contributed by atoms with Crippen LogP contribution in [-0.4, -0.2) is 23.2 Å². The Labute approximate surface area is 212 Å². The molecule has 1 aliphatic heterocycles. The molecule has 0 bridgehead atoms. The summed E-state index contributed by atoms with van der Waals surface area (Å²) in [5.74, 6) is 0.749. The molecule has 3 aromatic rings. The Morgan fingerprint density at radius 1 is 0.971 bits per heavy atom. The number of hydrogen-bond acceptors (Lipinski definition) is 5. The van der Waals surface area contributed by atoms with Gasteiger partial charge in [0.1, 0.15) is 6.61 Å². The Morgan fingerprint density at radius 2 is 1.74 bits per heavy atom. The lowest BCUT2D eigenvalue weighted by molar-refractivity contribution is -0.123. The highest BCUT2D eigenvalue weighted by atomic mass is 35.5. The average Bonchev–Trinajstić information content (AvgIpc) is 3.08. The normalized spacial score (nSPS) is 14.7. The summed E-state index contributed by atoms with van der Waals surface area (Å²) in [5.41, 5.74) is 3.60. The van der Waals surface area contributed by atoms with E-state index in [-0.39, 0.29) is 17.7 Å². The molecule has 0 radical (unpaired) electrons. The fourth-order valence-electron chi connectivity index (χ4n) is 3.35. The van der Waals surface area contributed by atoms with Crippen molar-refractivity contribution in [3.05, 3.63) is 97.9 Å². The highest BCUT2D eigenvalue weighted by molar-refractivity contribution is 8.18. The number of imide groups is 1. The van der Waals surface area contributed by atoms with E-state index in [1.165, 1.54) is 10.5 Å². The Bertz CT molecular complexity index is 1270. The number of ether oxygens (including phenoxy) is 2. The predicted octanol–water partition coefficient (Wildman–Crippen LogP) is 7.13. The molecular weight excluding hydrogens is 493 g/mol. The van der Waals surface area contributed by atoms with E-state index in [0.29, 0.717) is 38.6 Å². The summed E-state index contributed by atoms with van der Waals surface area (Å²) < 4.78 is 11.4. The number of nitrogens with zero attached hydrogens (tertiary/aromatic N) is 1. The molecule has 3 aromatic carbocycles. The van der Waals surface area contributed by atoms with E-state index in [1.54, 1.807) is 43.5 Å². The number of rotatable bonds is 7. The molecule has 8 heteroatoms. The molecule has 0 aliphatic carbocycles. The van der Waals surface area contributed by atoms with Crippen molar-refractivity contribution in [2.24, 2.45) is 0 Å². The predicted molar refractivity (Wildman–Crippen MR) is 136 cm³/mol. The van der Waals surface area contributed by atoms with Gasteiger partial charge in [-0.15, -0.1) is 0 Å². The first-order chi connectivity index (χ1) is 16.3. The molecule has 1 fully saturated rings. The number of aryl methyl sites for hydroxylation is 1. The molecule has 0 saturated carbocycles. The Kier molecular flexibility index (Phi) is 7.51. The van der Waals surface area contributed by atoms with Crippen LogP contribution in [0.5, 0.6) is 11.5 Å². The van der Waals surface area contributed by atoms with Gasteiger partial charge in [-0.1, -0.05) is 65.2 Å². The van der Waals surface area contributed by atoms with Crippen molar-refractivity contribution in [2.45, 2.75) is 20.1 Å². The number of halogens is 2. The highest BCUT2D eigenvalue weighted by Gasteiger charge is 2.35. The standard InChI is InChI=1S/C26H21Cl2NO4S/c1-16-3-5-17(6-4-16)15-33-22-10-7-18(11-23(22)32-2)12-24-25(30)29(26(31)34-24)14-19-8-9-20(27)13-21(19)28/h3-13H,14-15H2,1-2H3/b24-12-. The lowest BCUT2D eigenvalue weighted by atomic mass is 10.1. The fourth-order valence-corrected chi connectivity index (χ4v) is 4.65. The van der Waals surface area contributed by atoms with Crippen molar-refractivity contribution >= 4 is 52.2 Å². The fraction of sp³-hybridized carbons (Fsp3) is 0.154. The number of methoxy groups -OCH3 is 1. The van der Waals surface area contributed by atoms with Gasteiger partial charge in [0.15, 0.2) is 11.5 Å². The topological polar surface area (TPSA) is 55.8 Å². The van der Waals surface area contributed by atoms with Gasteiger partial charge in [-0.25, -0.2) is 0 Å². The highest BCUT2D eigenvalue weighted by Crippen LogP contribution is 2.36. The van der Waals surface area contributed by atoms with Crippen LogP contribution in [0.3, 0.4) is 0 Å². The monoisotopic (exact) mass is 513 g/mol. The van der Waals surface area contributed by atoms with E-state index in [0.717, 1.165) is 22.9 Å². The van der Waals surface area contributed by atoms with E-state index < -0.39 is 0 Å². The number of amides is 2. The summed E-state index contributed by atoms with van der Waals surface area (Å²) in [4.78, 5) is 26.9. The lowest BCUT2D eigenvalue weighted by Gasteiger charge is -2.14. The third-order valence-electron chi connectivity index (χ3n) is 5.22. The molecule has 0 unspecified atom stereocenters. The molecule has 4 rings (SSSR count). The van der Waals surface area contributed by atoms with E-state index in [2.05, 4.69) is 0 Å². The van der Waals surface area contributed by atoms with Crippen molar-refractivity contribution in [1.82, 2.24) is 4.90 Å². The van der Waals surface area contributed by atoms with Crippen LogP contribution in [0.1, 0.15) is 22.3 Å². The second-order valence-electron chi connectivity index (χ2n) is 7.69. The summed E-state index contributed by atoms with van der Waals surface area (Å²) in [6.45, 7) is 2.52. The zero-order chi connectivity index (χ0) is 24.2. The molecule has 1 aliphatic rings. The van der Waals surface area contributed by atoms with Crippen molar-refractivity contribution in [3.8, 4) is 11.5 Å². The summed E-state index contributed by atoms with van der Waals surface area (Å²) in [7, 11) is 1.56. The number of carbonyl (C=O) groups is 2. The van der Waals surface area contributed by atoms with E-state index >= 15 is 0 Å². The zero-order valence-corrected chi connectivity index (χ0v) is 20.8. The second kappa shape index (κ2) is 10.6. The molecule has 1 heterocycles. The van der Waals surface area contributed by atoms with Crippen LogP contribution in [0, 0.1) is 6.92 Å². The third kappa shape index (κ3) is 5.58. The van der Waals surface area contributed by atoms with E-state index in [1.807, 2.05) is 37.3 Å². The number of benzene rings is 3. The van der Waals surface area contributed by atoms with Crippen LogP contribution in [0.25, 0.3) is 6.08 Å². The first-order valence-electron chi connectivity index (χ1n) is 10.4. The second-order valence-corrected chi connectivity index (χ2v) is 9.52. The molecule has 5 nitrogen and oxygen atoms in total. The van der Waals surface area contributed by atoms with Crippen LogP contribution in [-0.2, 0) is 17.9 Å². The minimum atomic E-state index is -0.375. The van der Waals surface area contributed by atoms with E-state index in [9.17, 15) is 9.59 Å². The molecule has 0 aromatic heterocycles. The minimum absolute atomic E-state index is 0.0765. The van der Waals surface area contributed by atoms with Crippen LogP contribution in [0.4, 0.5) is 4.79 Å². The summed E-state index contributed by atoms with van der Waals surface area (Å²) in [6.07, 6.45) is 1.67. The van der Waals surface area contributed by atoms with Crippen LogP contribution >= 0.6 is 35.0 Å². The summed E-state index contributed by atoms with van der Waals surface area (Å²) in [5, 5.41) is 0.539. The summed E-state index contributed by atoms with van der Waals surface area (Å²) >= 11 is 13.0. The lowest BCUT2D eigenvalue weighted by Crippen LogP contribution is -2.27. The van der Waals surface area contributed by atoms with Crippen molar-refractivity contribution in [3.63, 3.8) is 0 Å². The maximum atomic E-state index is 12.9. The van der Waals surface area contributed by atoms with Crippen molar-refractivity contribution < 1.29 is 19.1 Å². The van der Waals surface area contributed by atoms with Gasteiger partial charge in [-0.05, 0) is 65.7 Å². The SMILES string of the molecule is COc1cc(/C=C2\SC(=O)N(Cc3ccc(Cl)cc3Cl)C2=O)ccc1OCc1ccc(C)cc1. The van der Waals surface area contributed by atoms with E-state index in [4.69, 9.17) is 32.7 Å². The van der Waals surface area contributed by atoms with Gasteiger partial charge in [0.2, 0.25) is 0 Å². The molecule has 0 atom stereocenters. The largest absolute Gasteiger partial charge is 0.493 e. The van der Waals surface area contributed by atoms with Crippen LogP contribution in [0.2, 0.25) is 10.0 Å². The van der Waals surface area contributed by atoms with Crippen molar-refractivity contribution in [2.75, 3.05) is 7.11 Å². The van der Waals surface area contributed by atoms with Gasteiger partial charge in [-0.3, -0.25) is 14.5 Å². The van der Waals surface area contributed by atoms with Crippen LogP contribution < -0.4 is 9.47 Å². The van der Waals surface area contributed by atoms with Gasteiger partial charge in [0, 0.05) is 10.0 Å². The van der Waals surface area contributed by atoms with Gasteiger partial charge < -0.3 is 9.47 Å². The number of carbonyl (C=O) groups excluding carboxylic acids is 2. The first kappa shape index (κ1) is 24.2. The maximum Gasteiger partial charge on any atom is 0.293 e. The van der Waals surface area contributed by atoms with Gasteiger partial charge >= 0.3 is 0 Å². The van der Waals surface area contributed by atoms with Gasteiger partial charge in [0.05, 0.1) is 18.6 Å². The molecule has 1 saturated heterocycles. The smallest absolute Gasteiger partial charge is 0.293 e. The Balaban J connectivity index is 1.48. The molecule has 0 N–H and O–H groups in total. The van der Waals surface area contributed by atoms with Crippen LogP contribution in [0.15, 0.2) is 65.6 Å². The molecule has 34 heavy (non-hydrogen) atoms. The zero-order valence-electron chi connectivity index (χ0n) is 18.5. The van der Waals surface area contributed by atoms with Gasteiger partial charge in [0.25, 0.3) is 11.1 Å². The quantitative estimate of drug-likeness (QED) is 0.314. The summed E-state index contributed by atoms with van der Waals surface area (Å²) in [6, 6.07) is 18.4. The molecule has 2 amide bonds. The average molecular weight is 514 g/mol. The number of hydrogen-bond donors (Lipinski definition) is 0. The third-order valence-corrected chi connectivity index (χ3v) is 6.71.